The Balaban J connectivity index is 1.58. The zero-order chi connectivity index (χ0) is 22.1. The molecule has 6 nitrogen and oxygen atoms in total. The quantitative estimate of drug-likeness (QED) is 0.545. The van der Waals surface area contributed by atoms with Crippen molar-refractivity contribution in [3.63, 3.8) is 0 Å². The van der Waals surface area contributed by atoms with Gasteiger partial charge < -0.3 is 19.9 Å². The zero-order valence-corrected chi connectivity index (χ0v) is 18.5. The van der Waals surface area contributed by atoms with Crippen molar-refractivity contribution in [1.29, 1.82) is 0 Å². The largest absolute Gasteiger partial charge is 0.478 e. The monoisotopic (exact) mass is 446 g/mol. The number of thiocarbonyl (C=S) groups is 1. The Morgan fingerprint density at radius 1 is 1.03 bits per heavy atom. The van der Waals surface area contributed by atoms with E-state index in [2.05, 4.69) is 25.8 Å². The fourth-order valence-electron chi connectivity index (χ4n) is 5.07. The van der Waals surface area contributed by atoms with E-state index in [1.165, 1.54) is 19.3 Å². The number of nitrogens with zero attached hydrogens (tertiary/aromatic N) is 3. The molecule has 2 aromatic heterocycles. The van der Waals surface area contributed by atoms with E-state index in [4.69, 9.17) is 12.2 Å². The van der Waals surface area contributed by atoms with Gasteiger partial charge in [-0.3, -0.25) is 4.98 Å². The van der Waals surface area contributed by atoms with Gasteiger partial charge in [-0.15, -0.1) is 0 Å². The SMILES string of the molecule is O=C(O)c1ccc(-n2cccc2[C@H]2[C@@H](c3ccccn3)NC(=S)N2C2CCCCC2)cc1. The van der Waals surface area contributed by atoms with Crippen LogP contribution in [-0.4, -0.2) is 36.7 Å². The van der Waals surface area contributed by atoms with Crippen LogP contribution in [0, 0.1) is 0 Å². The third-order valence-electron chi connectivity index (χ3n) is 6.58. The molecule has 2 atom stereocenters. The minimum atomic E-state index is -0.923. The average molecular weight is 447 g/mol. The number of hydrogen-bond acceptors (Lipinski definition) is 3. The minimum absolute atomic E-state index is 0.00495. The lowest BCUT2D eigenvalue weighted by Crippen LogP contribution is -2.40. The van der Waals surface area contributed by atoms with Gasteiger partial charge in [0, 0.05) is 29.8 Å². The predicted molar refractivity (Wildman–Crippen MR) is 127 cm³/mol. The standard InChI is InChI=1S/C25H26N4O2S/c30-24(31)17-11-13-18(14-12-17)28-16-6-10-21(28)23-22(20-9-4-5-15-26-20)27-25(32)29(23)19-7-2-1-3-8-19/h4-6,9-16,19,22-23H,1-3,7-8H2,(H,27,32)(H,30,31)/t22-,23+/m1/s1. The predicted octanol–water partition coefficient (Wildman–Crippen LogP) is 4.88. The Morgan fingerprint density at radius 3 is 2.50 bits per heavy atom. The number of hydrogen-bond donors (Lipinski definition) is 2. The van der Waals surface area contributed by atoms with Gasteiger partial charge in [-0.2, -0.15) is 0 Å². The van der Waals surface area contributed by atoms with Gasteiger partial charge in [-0.25, -0.2) is 4.79 Å². The summed E-state index contributed by atoms with van der Waals surface area (Å²) in [5.41, 5.74) is 3.28. The molecule has 32 heavy (non-hydrogen) atoms. The van der Waals surface area contributed by atoms with Gasteiger partial charge in [-0.05, 0) is 73.6 Å². The number of benzene rings is 1. The maximum Gasteiger partial charge on any atom is 0.335 e. The van der Waals surface area contributed by atoms with Crippen molar-refractivity contribution in [3.8, 4) is 5.69 Å². The van der Waals surface area contributed by atoms with Gasteiger partial charge >= 0.3 is 5.97 Å². The van der Waals surface area contributed by atoms with Crippen LogP contribution in [0.1, 0.15) is 65.9 Å². The third kappa shape index (κ3) is 3.77. The van der Waals surface area contributed by atoms with Crippen LogP contribution < -0.4 is 5.32 Å². The van der Waals surface area contributed by atoms with Crippen LogP contribution >= 0.6 is 12.2 Å². The maximum atomic E-state index is 11.3. The average Bonchev–Trinajstić information content (AvgIpc) is 3.44. The van der Waals surface area contributed by atoms with Crippen molar-refractivity contribution in [2.45, 2.75) is 50.2 Å². The summed E-state index contributed by atoms with van der Waals surface area (Å²) in [7, 11) is 0. The van der Waals surface area contributed by atoms with Crippen LogP contribution in [0.25, 0.3) is 5.69 Å². The lowest BCUT2D eigenvalue weighted by molar-refractivity contribution is 0.0697. The molecule has 2 aliphatic rings. The fraction of sp³-hybridized carbons (Fsp3) is 0.320. The zero-order valence-electron chi connectivity index (χ0n) is 17.7. The van der Waals surface area contributed by atoms with Crippen molar-refractivity contribution >= 4 is 23.3 Å². The smallest absolute Gasteiger partial charge is 0.335 e. The first kappa shape index (κ1) is 20.7. The molecular formula is C25H26N4O2S. The van der Waals surface area contributed by atoms with Crippen molar-refractivity contribution in [2.75, 3.05) is 0 Å². The second kappa shape index (κ2) is 8.74. The second-order valence-electron chi connectivity index (χ2n) is 8.48. The molecular weight excluding hydrogens is 420 g/mol. The van der Waals surface area contributed by atoms with Crippen LogP contribution in [0.15, 0.2) is 67.0 Å². The van der Waals surface area contributed by atoms with Crippen LogP contribution in [0.4, 0.5) is 0 Å². The van der Waals surface area contributed by atoms with E-state index in [0.29, 0.717) is 6.04 Å². The number of carbonyl (C=O) groups is 1. The summed E-state index contributed by atoms with van der Waals surface area (Å²) in [6.45, 7) is 0. The molecule has 7 heteroatoms. The number of aromatic carboxylic acids is 1. The molecule has 3 aromatic rings. The highest BCUT2D eigenvalue weighted by molar-refractivity contribution is 7.80. The molecule has 0 spiro atoms. The Morgan fingerprint density at radius 2 is 1.81 bits per heavy atom. The third-order valence-corrected chi connectivity index (χ3v) is 6.91. The van der Waals surface area contributed by atoms with E-state index in [0.717, 1.165) is 35.0 Å². The summed E-state index contributed by atoms with van der Waals surface area (Å²) in [5.74, 6) is -0.923. The number of aromatic nitrogens is 2. The molecule has 1 saturated carbocycles. The van der Waals surface area contributed by atoms with Gasteiger partial charge in [0.05, 0.1) is 23.3 Å². The van der Waals surface area contributed by atoms with Crippen molar-refractivity contribution in [3.05, 3.63) is 83.9 Å². The number of carboxylic acids is 1. The van der Waals surface area contributed by atoms with E-state index < -0.39 is 5.97 Å². The lowest BCUT2D eigenvalue weighted by Gasteiger charge is -2.37. The highest BCUT2D eigenvalue weighted by atomic mass is 32.1. The van der Waals surface area contributed by atoms with E-state index in [-0.39, 0.29) is 17.6 Å². The molecule has 1 aliphatic carbocycles. The summed E-state index contributed by atoms with van der Waals surface area (Å²) in [6, 6.07) is 17.5. The summed E-state index contributed by atoms with van der Waals surface area (Å²) >= 11 is 5.87. The van der Waals surface area contributed by atoms with Crippen LogP contribution in [0.2, 0.25) is 0 Å². The highest BCUT2D eigenvalue weighted by Gasteiger charge is 2.44. The van der Waals surface area contributed by atoms with Crippen LogP contribution in [0.5, 0.6) is 0 Å². The van der Waals surface area contributed by atoms with Gasteiger partial charge in [0.2, 0.25) is 0 Å². The molecule has 2 fully saturated rings. The number of nitrogens with one attached hydrogen (secondary N) is 1. The first-order valence-electron chi connectivity index (χ1n) is 11.1. The first-order chi connectivity index (χ1) is 15.6. The highest BCUT2D eigenvalue weighted by Crippen LogP contribution is 2.43. The maximum absolute atomic E-state index is 11.3. The van der Waals surface area contributed by atoms with Gasteiger partial charge in [0.1, 0.15) is 0 Å². The molecule has 0 bridgehead atoms. The summed E-state index contributed by atoms with van der Waals surface area (Å²) in [4.78, 5) is 18.3. The van der Waals surface area contributed by atoms with Crippen molar-refractivity contribution < 1.29 is 9.90 Å². The first-order valence-corrected chi connectivity index (χ1v) is 11.5. The number of pyridine rings is 1. The molecule has 0 amide bonds. The molecule has 1 aliphatic heterocycles. The normalized spacial score (nSPS) is 21.5. The summed E-state index contributed by atoms with van der Waals surface area (Å²) in [6.07, 6.45) is 9.86. The molecule has 164 valence electrons. The van der Waals surface area contributed by atoms with E-state index >= 15 is 0 Å². The van der Waals surface area contributed by atoms with Crippen molar-refractivity contribution in [1.82, 2.24) is 19.8 Å². The number of rotatable bonds is 5. The molecule has 2 N–H and O–H groups in total. The molecule has 5 rings (SSSR count). The summed E-state index contributed by atoms with van der Waals surface area (Å²) < 4.78 is 2.14. The summed E-state index contributed by atoms with van der Waals surface area (Å²) in [5, 5.41) is 13.6. The van der Waals surface area contributed by atoms with Gasteiger partial charge in [-0.1, -0.05) is 25.3 Å². The van der Waals surface area contributed by atoms with Crippen molar-refractivity contribution in [2.24, 2.45) is 0 Å². The number of carboxylic acid groups (broad SMARTS) is 1. The Kier molecular flexibility index (Phi) is 5.66. The fourth-order valence-corrected chi connectivity index (χ4v) is 5.46. The lowest BCUT2D eigenvalue weighted by atomic mass is 9.92. The Bertz CT molecular complexity index is 1110. The van der Waals surface area contributed by atoms with Crippen LogP contribution in [0.3, 0.4) is 0 Å². The van der Waals surface area contributed by atoms with E-state index in [9.17, 15) is 9.90 Å². The van der Waals surface area contributed by atoms with Gasteiger partial charge in [0.25, 0.3) is 0 Å². The Hall–Kier alpha value is -3.19. The molecule has 0 unspecified atom stereocenters. The van der Waals surface area contributed by atoms with Crippen LogP contribution in [-0.2, 0) is 0 Å². The van der Waals surface area contributed by atoms with E-state index in [1.54, 1.807) is 12.1 Å². The molecule has 3 heterocycles. The minimum Gasteiger partial charge on any atom is -0.478 e. The second-order valence-corrected chi connectivity index (χ2v) is 8.87. The van der Waals surface area contributed by atoms with Gasteiger partial charge in [0.15, 0.2) is 5.11 Å². The molecule has 1 saturated heterocycles. The Labute approximate surface area is 192 Å². The molecule has 0 radical (unpaired) electrons. The molecule has 1 aromatic carbocycles. The van der Waals surface area contributed by atoms with E-state index in [1.807, 2.05) is 48.8 Å². The topological polar surface area (TPSA) is 70.4 Å².